The minimum absolute atomic E-state index is 0.202. The fourth-order valence-electron chi connectivity index (χ4n) is 1.34. The first-order chi connectivity index (χ1) is 8.54. The third-order valence-electron chi connectivity index (χ3n) is 2.30. The molecule has 0 unspecified atom stereocenters. The largest absolute Gasteiger partial charge is 0.507 e. The van der Waals surface area contributed by atoms with Crippen molar-refractivity contribution in [3.63, 3.8) is 0 Å². The molecule has 1 rings (SSSR count). The number of hydrogen-bond donors (Lipinski definition) is 4. The molecule has 0 fully saturated rings. The maximum absolute atomic E-state index is 11.4. The van der Waals surface area contributed by atoms with E-state index in [0.29, 0.717) is 12.2 Å². The molecule has 1 aromatic carbocycles. The number of rotatable bonds is 5. The molecule has 18 heavy (non-hydrogen) atoms. The summed E-state index contributed by atoms with van der Waals surface area (Å²) in [6.45, 7) is 2.59. The highest BCUT2D eigenvalue weighted by molar-refractivity contribution is 5.93. The van der Waals surface area contributed by atoms with Crippen molar-refractivity contribution < 1.29 is 19.8 Å². The summed E-state index contributed by atoms with van der Waals surface area (Å²) in [7, 11) is 0. The summed E-state index contributed by atoms with van der Waals surface area (Å²) in [5, 5.41) is 23.3. The predicted molar refractivity (Wildman–Crippen MR) is 67.0 cm³/mol. The molecule has 0 aliphatic carbocycles. The maximum atomic E-state index is 11.4. The Morgan fingerprint density at radius 2 is 2.06 bits per heavy atom. The van der Waals surface area contributed by atoms with Gasteiger partial charge in [0.1, 0.15) is 11.3 Å². The first kappa shape index (κ1) is 13.8. The van der Waals surface area contributed by atoms with Crippen LogP contribution in [0.2, 0.25) is 0 Å². The number of carboxylic acid groups (broad SMARTS) is 1. The van der Waals surface area contributed by atoms with E-state index >= 15 is 0 Å². The number of aromatic carboxylic acids is 1. The maximum Gasteiger partial charge on any atom is 0.339 e. The zero-order valence-corrected chi connectivity index (χ0v) is 10.1. The third kappa shape index (κ3) is 3.97. The van der Waals surface area contributed by atoms with E-state index in [1.54, 1.807) is 0 Å². The quantitative estimate of drug-likeness (QED) is 0.602. The number of anilines is 1. The molecule has 0 saturated carbocycles. The normalized spacial score (nSPS) is 9.83. The number of phenols is 1. The molecule has 1 aromatic rings. The Morgan fingerprint density at radius 1 is 1.33 bits per heavy atom. The number of benzene rings is 1. The van der Waals surface area contributed by atoms with Gasteiger partial charge in [0.15, 0.2) is 0 Å². The van der Waals surface area contributed by atoms with E-state index in [1.165, 1.54) is 18.2 Å². The number of unbranched alkanes of at least 4 members (excludes halogenated alkanes) is 1. The third-order valence-corrected chi connectivity index (χ3v) is 2.30. The van der Waals surface area contributed by atoms with E-state index in [0.717, 1.165) is 12.8 Å². The summed E-state index contributed by atoms with van der Waals surface area (Å²) in [5.41, 5.74) is 0.137. The summed E-state index contributed by atoms with van der Waals surface area (Å²) in [6, 6.07) is 3.47. The Balaban J connectivity index is 2.60. The Hall–Kier alpha value is -2.24. The SMILES string of the molecule is CCCCNC(=O)Nc1ccc(C(=O)O)c(O)c1. The van der Waals surface area contributed by atoms with Crippen LogP contribution >= 0.6 is 0 Å². The number of aromatic hydroxyl groups is 1. The van der Waals surface area contributed by atoms with Crippen molar-refractivity contribution in [2.45, 2.75) is 19.8 Å². The average Bonchev–Trinajstić information content (AvgIpc) is 2.28. The van der Waals surface area contributed by atoms with Gasteiger partial charge in [0.25, 0.3) is 0 Å². The summed E-state index contributed by atoms with van der Waals surface area (Å²) in [6.07, 6.45) is 1.87. The summed E-state index contributed by atoms with van der Waals surface area (Å²) < 4.78 is 0. The van der Waals surface area contributed by atoms with Crippen LogP contribution in [0.4, 0.5) is 10.5 Å². The zero-order valence-electron chi connectivity index (χ0n) is 10.1. The Morgan fingerprint density at radius 3 is 2.61 bits per heavy atom. The fraction of sp³-hybridized carbons (Fsp3) is 0.333. The van der Waals surface area contributed by atoms with Gasteiger partial charge in [-0.1, -0.05) is 13.3 Å². The molecule has 0 radical (unpaired) electrons. The molecule has 0 aliphatic rings. The lowest BCUT2D eigenvalue weighted by Crippen LogP contribution is -2.29. The molecule has 0 heterocycles. The van der Waals surface area contributed by atoms with Gasteiger partial charge >= 0.3 is 12.0 Å². The molecule has 0 bridgehead atoms. The van der Waals surface area contributed by atoms with Gasteiger partial charge in [-0.05, 0) is 18.6 Å². The van der Waals surface area contributed by atoms with E-state index in [1.807, 2.05) is 6.92 Å². The molecule has 4 N–H and O–H groups in total. The van der Waals surface area contributed by atoms with E-state index in [9.17, 15) is 14.7 Å². The minimum Gasteiger partial charge on any atom is -0.507 e. The summed E-state index contributed by atoms with van der Waals surface area (Å²) in [4.78, 5) is 22.1. The molecule has 98 valence electrons. The van der Waals surface area contributed by atoms with Crippen molar-refractivity contribution >= 4 is 17.7 Å². The highest BCUT2D eigenvalue weighted by atomic mass is 16.4. The van der Waals surface area contributed by atoms with Crippen LogP contribution in [0.15, 0.2) is 18.2 Å². The molecule has 0 aliphatic heterocycles. The number of urea groups is 1. The van der Waals surface area contributed by atoms with Crippen molar-refractivity contribution in [1.29, 1.82) is 0 Å². The average molecular weight is 252 g/mol. The van der Waals surface area contributed by atoms with Crippen LogP contribution in [0.3, 0.4) is 0 Å². The number of carboxylic acids is 1. The molecule has 6 nitrogen and oxygen atoms in total. The molecular weight excluding hydrogens is 236 g/mol. The predicted octanol–water partition coefficient (Wildman–Crippen LogP) is 2.01. The van der Waals surface area contributed by atoms with Crippen molar-refractivity contribution in [3.05, 3.63) is 23.8 Å². The zero-order chi connectivity index (χ0) is 13.5. The van der Waals surface area contributed by atoms with Crippen LogP contribution in [0.1, 0.15) is 30.1 Å². The van der Waals surface area contributed by atoms with Crippen molar-refractivity contribution in [2.24, 2.45) is 0 Å². The second kappa shape index (κ2) is 6.48. The summed E-state index contributed by atoms with van der Waals surface area (Å²) >= 11 is 0. The molecular formula is C12H16N2O4. The van der Waals surface area contributed by atoms with Gasteiger partial charge in [0.05, 0.1) is 0 Å². The van der Waals surface area contributed by atoms with Gasteiger partial charge in [0, 0.05) is 18.3 Å². The first-order valence-corrected chi connectivity index (χ1v) is 5.65. The molecule has 6 heteroatoms. The minimum atomic E-state index is -1.22. The first-order valence-electron chi connectivity index (χ1n) is 5.65. The van der Waals surface area contributed by atoms with E-state index in [4.69, 9.17) is 5.11 Å². The number of hydrogen-bond acceptors (Lipinski definition) is 3. The van der Waals surface area contributed by atoms with Crippen LogP contribution in [0, 0.1) is 0 Å². The second-order valence-corrected chi connectivity index (χ2v) is 3.77. The van der Waals surface area contributed by atoms with E-state index < -0.39 is 5.97 Å². The van der Waals surface area contributed by atoms with Crippen molar-refractivity contribution in [3.8, 4) is 5.75 Å². The standard InChI is InChI=1S/C12H16N2O4/c1-2-3-6-13-12(18)14-8-4-5-9(11(16)17)10(15)7-8/h4-5,7,15H,2-3,6H2,1H3,(H,16,17)(H2,13,14,18). The highest BCUT2D eigenvalue weighted by Crippen LogP contribution is 2.21. The fourth-order valence-corrected chi connectivity index (χ4v) is 1.34. The second-order valence-electron chi connectivity index (χ2n) is 3.77. The van der Waals surface area contributed by atoms with Crippen LogP contribution in [-0.4, -0.2) is 28.8 Å². The molecule has 2 amide bonds. The Bertz CT molecular complexity index is 446. The molecule has 0 saturated heterocycles. The van der Waals surface area contributed by atoms with Crippen LogP contribution in [0.5, 0.6) is 5.75 Å². The highest BCUT2D eigenvalue weighted by Gasteiger charge is 2.10. The number of carbonyl (C=O) groups is 2. The monoisotopic (exact) mass is 252 g/mol. The number of nitrogens with one attached hydrogen (secondary N) is 2. The topological polar surface area (TPSA) is 98.7 Å². The van der Waals surface area contributed by atoms with Gasteiger partial charge < -0.3 is 20.8 Å². The summed E-state index contributed by atoms with van der Waals surface area (Å²) in [5.74, 6) is -1.60. The number of amides is 2. The van der Waals surface area contributed by atoms with Crippen molar-refractivity contribution in [1.82, 2.24) is 5.32 Å². The van der Waals surface area contributed by atoms with E-state index in [-0.39, 0.29) is 17.3 Å². The molecule has 0 atom stereocenters. The van der Waals surface area contributed by atoms with Gasteiger partial charge in [-0.15, -0.1) is 0 Å². The Kier molecular flexibility index (Phi) is 4.98. The van der Waals surface area contributed by atoms with Crippen molar-refractivity contribution in [2.75, 3.05) is 11.9 Å². The van der Waals surface area contributed by atoms with Gasteiger partial charge in [-0.25, -0.2) is 9.59 Å². The van der Waals surface area contributed by atoms with Gasteiger partial charge in [-0.2, -0.15) is 0 Å². The van der Waals surface area contributed by atoms with Gasteiger partial charge in [-0.3, -0.25) is 0 Å². The van der Waals surface area contributed by atoms with Crippen LogP contribution in [-0.2, 0) is 0 Å². The number of carbonyl (C=O) groups excluding carboxylic acids is 1. The lowest BCUT2D eigenvalue weighted by atomic mass is 10.2. The van der Waals surface area contributed by atoms with Crippen LogP contribution in [0.25, 0.3) is 0 Å². The van der Waals surface area contributed by atoms with Gasteiger partial charge in [0.2, 0.25) is 0 Å². The lowest BCUT2D eigenvalue weighted by molar-refractivity contribution is 0.0694. The van der Waals surface area contributed by atoms with Crippen LogP contribution < -0.4 is 10.6 Å². The van der Waals surface area contributed by atoms with E-state index in [2.05, 4.69) is 10.6 Å². The molecule has 0 spiro atoms. The molecule has 0 aromatic heterocycles. The Labute approximate surface area is 105 Å². The smallest absolute Gasteiger partial charge is 0.339 e. The lowest BCUT2D eigenvalue weighted by Gasteiger charge is -2.08.